The Morgan fingerprint density at radius 3 is 2.61 bits per heavy atom. The lowest BCUT2D eigenvalue weighted by Gasteiger charge is -2.07. The van der Waals surface area contributed by atoms with E-state index in [1.165, 1.54) is 36.6 Å². The Balaban J connectivity index is 1.95. The molecule has 0 saturated carbocycles. The minimum atomic E-state index is -3.37. The van der Waals surface area contributed by atoms with Crippen LogP contribution in [0.25, 0.3) is 0 Å². The Labute approximate surface area is 133 Å². The predicted molar refractivity (Wildman–Crippen MR) is 81.9 cm³/mol. The van der Waals surface area contributed by atoms with Gasteiger partial charge in [0.1, 0.15) is 11.3 Å². The van der Waals surface area contributed by atoms with E-state index in [2.05, 4.69) is 5.32 Å². The molecule has 1 amide bonds. The molecule has 0 saturated heterocycles. The predicted octanol–water partition coefficient (Wildman–Crippen LogP) is 1.79. The Kier molecular flexibility index (Phi) is 4.85. The average molecular weight is 337 g/mol. The summed E-state index contributed by atoms with van der Waals surface area (Å²) in [5, 5.41) is 2.47. The number of carbonyl (C=O) groups excluding carboxylic acids is 2. The molecular weight excluding hydrogens is 322 g/mol. The molecule has 1 aromatic heterocycles. The van der Waals surface area contributed by atoms with Gasteiger partial charge in [-0.2, -0.15) is 0 Å². The molecular formula is C15H15NO6S. The largest absolute Gasteiger partial charge is 0.469 e. The van der Waals surface area contributed by atoms with Crippen LogP contribution in [-0.2, 0) is 19.4 Å². The van der Waals surface area contributed by atoms with E-state index in [-0.39, 0.29) is 10.5 Å². The first-order chi connectivity index (χ1) is 10.8. The Morgan fingerprint density at radius 1 is 1.26 bits per heavy atom. The molecule has 0 aliphatic carbocycles. The van der Waals surface area contributed by atoms with E-state index in [1.807, 2.05) is 0 Å². The number of esters is 1. The fraction of sp³-hybridized carbons (Fsp3) is 0.200. The van der Waals surface area contributed by atoms with Gasteiger partial charge in [0, 0.05) is 11.9 Å². The lowest BCUT2D eigenvalue weighted by atomic mass is 10.3. The molecule has 1 N–H and O–H groups in total. The minimum Gasteiger partial charge on any atom is -0.469 e. The summed E-state index contributed by atoms with van der Waals surface area (Å²) in [7, 11) is -3.37. The van der Waals surface area contributed by atoms with Crippen LogP contribution in [0.4, 0.5) is 5.69 Å². The van der Waals surface area contributed by atoms with E-state index < -0.39 is 28.3 Å². The van der Waals surface area contributed by atoms with Gasteiger partial charge in [-0.15, -0.1) is 0 Å². The highest BCUT2D eigenvalue weighted by Gasteiger charge is 2.15. The maximum absolute atomic E-state index is 11.8. The average Bonchev–Trinajstić information content (AvgIpc) is 2.90. The first-order valence-electron chi connectivity index (χ1n) is 6.58. The van der Waals surface area contributed by atoms with Crippen LogP contribution in [0.3, 0.4) is 0 Å². The lowest BCUT2D eigenvalue weighted by molar-refractivity contribution is -0.119. The van der Waals surface area contributed by atoms with Crippen molar-refractivity contribution in [3.05, 3.63) is 47.9 Å². The first-order valence-corrected chi connectivity index (χ1v) is 8.47. The Morgan fingerprint density at radius 2 is 2.00 bits per heavy atom. The fourth-order valence-electron chi connectivity index (χ4n) is 1.81. The maximum Gasteiger partial charge on any atom is 0.342 e. The van der Waals surface area contributed by atoms with Crippen molar-refractivity contribution in [1.82, 2.24) is 0 Å². The van der Waals surface area contributed by atoms with Crippen LogP contribution in [-0.4, -0.2) is 33.2 Å². The van der Waals surface area contributed by atoms with Crippen molar-refractivity contribution in [2.24, 2.45) is 0 Å². The van der Waals surface area contributed by atoms with E-state index in [0.717, 1.165) is 6.26 Å². The molecule has 0 fully saturated rings. The van der Waals surface area contributed by atoms with Crippen LogP contribution in [0.1, 0.15) is 16.1 Å². The second-order valence-corrected chi connectivity index (χ2v) is 6.83. The van der Waals surface area contributed by atoms with E-state index in [1.54, 1.807) is 6.92 Å². The van der Waals surface area contributed by atoms with Gasteiger partial charge in [-0.1, -0.05) is 6.07 Å². The summed E-state index contributed by atoms with van der Waals surface area (Å²) >= 11 is 0. The summed E-state index contributed by atoms with van der Waals surface area (Å²) in [5.41, 5.74) is 0.547. The summed E-state index contributed by atoms with van der Waals surface area (Å²) in [6.45, 7) is 1.11. The van der Waals surface area contributed by atoms with Crippen molar-refractivity contribution in [3.63, 3.8) is 0 Å². The molecule has 0 radical (unpaired) electrons. The second-order valence-electron chi connectivity index (χ2n) is 4.81. The highest BCUT2D eigenvalue weighted by molar-refractivity contribution is 7.90. The van der Waals surface area contributed by atoms with E-state index in [9.17, 15) is 18.0 Å². The number of ether oxygens (including phenoxy) is 1. The van der Waals surface area contributed by atoms with Gasteiger partial charge in [-0.05, 0) is 31.2 Å². The SMILES string of the molecule is Cc1occc1C(=O)OCC(=O)Nc1cccc(S(C)(=O)=O)c1. The van der Waals surface area contributed by atoms with Crippen molar-refractivity contribution in [2.45, 2.75) is 11.8 Å². The second kappa shape index (κ2) is 6.66. The van der Waals surface area contributed by atoms with E-state index in [4.69, 9.17) is 9.15 Å². The van der Waals surface area contributed by atoms with Gasteiger partial charge in [0.15, 0.2) is 16.4 Å². The molecule has 0 aliphatic heterocycles. The number of benzene rings is 1. The third kappa shape index (κ3) is 4.43. The van der Waals surface area contributed by atoms with E-state index >= 15 is 0 Å². The summed E-state index contributed by atoms with van der Waals surface area (Å²) in [6, 6.07) is 7.24. The number of rotatable bonds is 5. The molecule has 1 heterocycles. The third-order valence-corrected chi connectivity index (χ3v) is 4.07. The highest BCUT2D eigenvalue weighted by atomic mass is 32.2. The lowest BCUT2D eigenvalue weighted by Crippen LogP contribution is -2.21. The number of hydrogen-bond acceptors (Lipinski definition) is 6. The molecule has 0 bridgehead atoms. The number of sulfone groups is 1. The number of anilines is 1. The molecule has 8 heteroatoms. The maximum atomic E-state index is 11.8. The van der Waals surface area contributed by atoms with Crippen molar-refractivity contribution < 1.29 is 27.2 Å². The van der Waals surface area contributed by atoms with Crippen LogP contribution in [0.2, 0.25) is 0 Å². The standard InChI is InChI=1S/C15H15NO6S/c1-10-13(6-7-21-10)15(18)22-9-14(17)16-11-4-3-5-12(8-11)23(2,19)20/h3-8H,9H2,1-2H3,(H,16,17). The molecule has 23 heavy (non-hydrogen) atoms. The summed E-state index contributed by atoms with van der Waals surface area (Å²) in [6.07, 6.45) is 2.42. The normalized spacial score (nSPS) is 11.0. The third-order valence-electron chi connectivity index (χ3n) is 2.96. The van der Waals surface area contributed by atoms with Crippen LogP contribution >= 0.6 is 0 Å². The first kappa shape index (κ1) is 16.8. The van der Waals surface area contributed by atoms with Crippen LogP contribution < -0.4 is 5.32 Å². The monoisotopic (exact) mass is 337 g/mol. The van der Waals surface area contributed by atoms with Crippen LogP contribution in [0, 0.1) is 6.92 Å². The molecule has 0 atom stereocenters. The number of carbonyl (C=O) groups is 2. The molecule has 122 valence electrons. The summed E-state index contributed by atoms with van der Waals surface area (Å²) in [5.74, 6) is -0.849. The molecule has 0 unspecified atom stereocenters. The Bertz CT molecular complexity index is 837. The zero-order chi connectivity index (χ0) is 17.0. The molecule has 0 aliphatic rings. The van der Waals surface area contributed by atoms with Crippen molar-refractivity contribution >= 4 is 27.4 Å². The Hall–Kier alpha value is -2.61. The summed E-state index contributed by atoms with van der Waals surface area (Å²) < 4.78 is 32.8. The number of hydrogen-bond donors (Lipinski definition) is 1. The zero-order valence-electron chi connectivity index (χ0n) is 12.5. The topological polar surface area (TPSA) is 103 Å². The molecule has 7 nitrogen and oxygen atoms in total. The quantitative estimate of drug-likeness (QED) is 0.834. The molecule has 1 aromatic carbocycles. The van der Waals surface area contributed by atoms with Gasteiger partial charge >= 0.3 is 5.97 Å². The number of nitrogens with one attached hydrogen (secondary N) is 1. The smallest absolute Gasteiger partial charge is 0.342 e. The minimum absolute atomic E-state index is 0.0846. The number of aryl methyl sites for hydroxylation is 1. The number of amides is 1. The van der Waals surface area contributed by atoms with Gasteiger partial charge < -0.3 is 14.5 Å². The molecule has 0 spiro atoms. The van der Waals surface area contributed by atoms with Crippen LogP contribution in [0.15, 0.2) is 45.9 Å². The highest BCUT2D eigenvalue weighted by Crippen LogP contribution is 2.15. The van der Waals surface area contributed by atoms with Gasteiger partial charge in [0.2, 0.25) is 0 Å². The van der Waals surface area contributed by atoms with Gasteiger partial charge in [-0.3, -0.25) is 4.79 Å². The fourth-order valence-corrected chi connectivity index (χ4v) is 2.47. The number of furan rings is 1. The summed E-state index contributed by atoms with van der Waals surface area (Å²) in [4.78, 5) is 23.6. The molecule has 2 aromatic rings. The van der Waals surface area contributed by atoms with E-state index in [0.29, 0.717) is 11.4 Å². The zero-order valence-corrected chi connectivity index (χ0v) is 13.3. The van der Waals surface area contributed by atoms with Gasteiger partial charge in [0.05, 0.1) is 11.2 Å². The van der Waals surface area contributed by atoms with Gasteiger partial charge in [0.25, 0.3) is 5.91 Å². The van der Waals surface area contributed by atoms with Crippen molar-refractivity contribution in [2.75, 3.05) is 18.2 Å². The van der Waals surface area contributed by atoms with Crippen LogP contribution in [0.5, 0.6) is 0 Å². The van der Waals surface area contributed by atoms with Crippen molar-refractivity contribution in [1.29, 1.82) is 0 Å². The van der Waals surface area contributed by atoms with Gasteiger partial charge in [-0.25, -0.2) is 13.2 Å². The molecule has 2 rings (SSSR count). The van der Waals surface area contributed by atoms with Crippen molar-refractivity contribution in [3.8, 4) is 0 Å².